The van der Waals surface area contributed by atoms with Gasteiger partial charge >= 0.3 is 0 Å². The van der Waals surface area contributed by atoms with Crippen LogP contribution in [-0.4, -0.2) is 32.4 Å². The normalized spacial score (nSPS) is 12.8. The lowest BCUT2D eigenvalue weighted by Crippen LogP contribution is -2.30. The zero-order valence-corrected chi connectivity index (χ0v) is 18.4. The lowest BCUT2D eigenvalue weighted by molar-refractivity contribution is 0.0982. The van der Waals surface area contributed by atoms with E-state index in [1.807, 2.05) is 66.7 Å². The van der Waals surface area contributed by atoms with Crippen molar-refractivity contribution in [2.45, 2.75) is 25.4 Å². The number of aromatic hydroxyl groups is 2. The van der Waals surface area contributed by atoms with Crippen molar-refractivity contribution in [3.8, 4) is 22.8 Å². The van der Waals surface area contributed by atoms with E-state index < -0.39 is 0 Å². The van der Waals surface area contributed by atoms with Gasteiger partial charge in [-0.1, -0.05) is 42.5 Å². The molecule has 4 aromatic rings. The zero-order chi connectivity index (χ0) is 23.5. The van der Waals surface area contributed by atoms with Gasteiger partial charge in [-0.15, -0.1) is 10.2 Å². The van der Waals surface area contributed by atoms with E-state index in [1.54, 1.807) is 4.90 Å². The molecule has 0 saturated heterocycles. The van der Waals surface area contributed by atoms with Crippen molar-refractivity contribution in [1.29, 1.82) is 0 Å². The van der Waals surface area contributed by atoms with Crippen LogP contribution in [0.1, 0.15) is 28.8 Å². The van der Waals surface area contributed by atoms with E-state index in [0.717, 1.165) is 28.7 Å². The molecule has 1 aliphatic rings. The van der Waals surface area contributed by atoms with Crippen LogP contribution < -0.4 is 10.2 Å². The summed E-state index contributed by atoms with van der Waals surface area (Å²) in [5.74, 6) is 0.0305. The number of anilines is 2. The molecule has 0 unspecified atom stereocenters. The summed E-state index contributed by atoms with van der Waals surface area (Å²) in [6.45, 7) is 0.320. The van der Waals surface area contributed by atoms with Gasteiger partial charge in [0.1, 0.15) is 17.3 Å². The van der Waals surface area contributed by atoms with E-state index in [1.165, 1.54) is 25.0 Å². The summed E-state index contributed by atoms with van der Waals surface area (Å²) in [5.41, 5.74) is 3.36. The molecule has 1 heterocycles. The van der Waals surface area contributed by atoms with Gasteiger partial charge in [-0.2, -0.15) is 0 Å². The highest BCUT2D eigenvalue weighted by molar-refractivity contribution is 6.08. The van der Waals surface area contributed by atoms with Crippen molar-refractivity contribution in [1.82, 2.24) is 10.2 Å². The van der Waals surface area contributed by atoms with Crippen LogP contribution in [0.3, 0.4) is 0 Å². The molecule has 0 spiro atoms. The Hall–Kier alpha value is -4.39. The van der Waals surface area contributed by atoms with Gasteiger partial charge in [0.15, 0.2) is 0 Å². The van der Waals surface area contributed by atoms with E-state index in [2.05, 4.69) is 15.5 Å². The number of rotatable bonds is 7. The van der Waals surface area contributed by atoms with Crippen molar-refractivity contribution >= 4 is 17.4 Å². The number of phenolic OH excluding ortho intramolecular Hbond substituents is 2. The van der Waals surface area contributed by atoms with Crippen LogP contribution in [0, 0.1) is 0 Å². The van der Waals surface area contributed by atoms with Crippen LogP contribution in [0.5, 0.6) is 11.5 Å². The number of carbonyl (C=O) groups is 1. The van der Waals surface area contributed by atoms with Crippen LogP contribution in [0.2, 0.25) is 0 Å². The van der Waals surface area contributed by atoms with Crippen LogP contribution >= 0.6 is 0 Å². The first kappa shape index (κ1) is 21.5. The van der Waals surface area contributed by atoms with Gasteiger partial charge in [0, 0.05) is 23.4 Å². The number of aromatic nitrogens is 2. The summed E-state index contributed by atoms with van der Waals surface area (Å²) in [6, 6.07) is 25.5. The molecule has 5 rings (SSSR count). The van der Waals surface area contributed by atoms with Gasteiger partial charge in [-0.05, 0) is 54.8 Å². The van der Waals surface area contributed by atoms with Gasteiger partial charge in [0.05, 0.1) is 17.8 Å². The van der Waals surface area contributed by atoms with E-state index in [9.17, 15) is 15.0 Å². The predicted octanol–water partition coefficient (Wildman–Crippen LogP) is 4.98. The molecule has 7 heteroatoms. The van der Waals surface area contributed by atoms with Crippen molar-refractivity contribution in [2.24, 2.45) is 0 Å². The molecule has 0 aliphatic heterocycles. The highest BCUT2D eigenvalue weighted by Gasteiger charge is 2.22. The molecule has 170 valence electrons. The number of nitrogens with zero attached hydrogens (tertiary/aromatic N) is 3. The highest BCUT2D eigenvalue weighted by atomic mass is 16.3. The number of carbonyl (C=O) groups excluding carboxylic acids is 1. The van der Waals surface area contributed by atoms with Crippen molar-refractivity contribution in [3.05, 3.63) is 96.1 Å². The third kappa shape index (κ3) is 4.83. The molecule has 0 atom stereocenters. The Kier molecular flexibility index (Phi) is 5.82. The maximum Gasteiger partial charge on any atom is 0.262 e. The Morgan fingerprint density at radius 1 is 0.912 bits per heavy atom. The number of hydrogen-bond acceptors (Lipinski definition) is 6. The highest BCUT2D eigenvalue weighted by Crippen LogP contribution is 2.29. The summed E-state index contributed by atoms with van der Waals surface area (Å²) in [6.07, 6.45) is 2.34. The number of phenols is 2. The fraction of sp³-hybridized carbons (Fsp3) is 0.148. The minimum atomic E-state index is -0.371. The molecule has 3 N–H and O–H groups in total. The van der Waals surface area contributed by atoms with Crippen LogP contribution in [0.25, 0.3) is 11.3 Å². The summed E-state index contributed by atoms with van der Waals surface area (Å²) in [5, 5.41) is 31.8. The molecule has 3 aromatic carbocycles. The Bertz CT molecular complexity index is 1290. The largest absolute Gasteiger partial charge is 0.508 e. The molecule has 1 saturated carbocycles. The Labute approximate surface area is 197 Å². The number of amides is 1. The van der Waals surface area contributed by atoms with E-state index >= 15 is 0 Å². The van der Waals surface area contributed by atoms with Crippen LogP contribution in [0.15, 0.2) is 84.9 Å². The quantitative estimate of drug-likeness (QED) is 0.366. The number of benzene rings is 3. The standard InChI is InChI=1S/C27H24N4O3/c32-22-12-13-23(25(33)16-22)27(34)31(17-18-4-2-1-3-5-18)21-10-6-19(7-11-21)24-14-15-26(30-29-24)28-20-8-9-20/h1-7,10-16,20,32-33H,8-9,17H2,(H,28,30). The first-order valence-corrected chi connectivity index (χ1v) is 11.2. The maximum atomic E-state index is 13.4. The monoisotopic (exact) mass is 452 g/mol. The van der Waals surface area contributed by atoms with Gasteiger partial charge in [-0.3, -0.25) is 4.79 Å². The summed E-state index contributed by atoms with van der Waals surface area (Å²) < 4.78 is 0. The second-order valence-corrected chi connectivity index (χ2v) is 8.35. The molecular weight excluding hydrogens is 428 g/mol. The average molecular weight is 453 g/mol. The molecule has 7 nitrogen and oxygen atoms in total. The summed E-state index contributed by atoms with van der Waals surface area (Å²) in [4.78, 5) is 15.0. The smallest absolute Gasteiger partial charge is 0.262 e. The van der Waals surface area contributed by atoms with Crippen molar-refractivity contribution in [2.75, 3.05) is 10.2 Å². The van der Waals surface area contributed by atoms with E-state index in [-0.39, 0.29) is 23.0 Å². The predicted molar refractivity (Wildman–Crippen MR) is 131 cm³/mol. The fourth-order valence-electron chi connectivity index (χ4n) is 3.70. The third-order valence-corrected chi connectivity index (χ3v) is 5.71. The second-order valence-electron chi connectivity index (χ2n) is 8.35. The topological polar surface area (TPSA) is 98.6 Å². The lowest BCUT2D eigenvalue weighted by Gasteiger charge is -2.24. The zero-order valence-electron chi connectivity index (χ0n) is 18.4. The molecule has 0 bridgehead atoms. The van der Waals surface area contributed by atoms with Gasteiger partial charge in [0.25, 0.3) is 5.91 Å². The molecule has 1 amide bonds. The van der Waals surface area contributed by atoms with Gasteiger partial charge in [-0.25, -0.2) is 0 Å². The SMILES string of the molecule is O=C(c1ccc(O)cc1O)N(Cc1ccccc1)c1ccc(-c2ccc(NC3CC3)nn2)cc1. The summed E-state index contributed by atoms with van der Waals surface area (Å²) in [7, 11) is 0. The number of nitrogens with one attached hydrogen (secondary N) is 1. The minimum absolute atomic E-state index is 0.104. The number of hydrogen-bond donors (Lipinski definition) is 3. The molecular formula is C27H24N4O3. The van der Waals surface area contributed by atoms with Crippen molar-refractivity contribution < 1.29 is 15.0 Å². The Morgan fingerprint density at radius 3 is 2.32 bits per heavy atom. The van der Waals surface area contributed by atoms with Crippen LogP contribution in [0.4, 0.5) is 11.5 Å². The second kappa shape index (κ2) is 9.23. The van der Waals surface area contributed by atoms with Crippen molar-refractivity contribution in [3.63, 3.8) is 0 Å². The summed E-state index contributed by atoms with van der Waals surface area (Å²) >= 11 is 0. The lowest BCUT2D eigenvalue weighted by atomic mass is 10.1. The molecule has 34 heavy (non-hydrogen) atoms. The fourth-order valence-corrected chi connectivity index (χ4v) is 3.70. The Balaban J connectivity index is 1.42. The Morgan fingerprint density at radius 2 is 1.68 bits per heavy atom. The molecule has 1 aromatic heterocycles. The average Bonchev–Trinajstić information content (AvgIpc) is 3.68. The first-order valence-electron chi connectivity index (χ1n) is 11.2. The minimum Gasteiger partial charge on any atom is -0.508 e. The first-order chi connectivity index (χ1) is 16.6. The van der Waals surface area contributed by atoms with Gasteiger partial charge < -0.3 is 20.4 Å². The maximum absolute atomic E-state index is 13.4. The molecule has 1 fully saturated rings. The van der Waals surface area contributed by atoms with Gasteiger partial charge in [0.2, 0.25) is 0 Å². The molecule has 1 aliphatic carbocycles. The van der Waals surface area contributed by atoms with E-state index in [4.69, 9.17) is 0 Å². The van der Waals surface area contributed by atoms with E-state index in [0.29, 0.717) is 18.3 Å². The molecule has 0 radical (unpaired) electrons. The van der Waals surface area contributed by atoms with Crippen LogP contribution in [-0.2, 0) is 6.54 Å². The third-order valence-electron chi connectivity index (χ3n) is 5.71.